The lowest BCUT2D eigenvalue weighted by Gasteiger charge is -2.24. The van der Waals surface area contributed by atoms with Gasteiger partial charge in [0.15, 0.2) is 0 Å². The van der Waals surface area contributed by atoms with Crippen LogP contribution in [0.3, 0.4) is 0 Å². The van der Waals surface area contributed by atoms with Crippen LogP contribution < -0.4 is 10.6 Å². The van der Waals surface area contributed by atoms with Crippen LogP contribution in [0.2, 0.25) is 0 Å². The Hall–Kier alpha value is -2.03. The number of methoxy groups -OCH3 is 1. The minimum Gasteiger partial charge on any atom is -0.383 e. The first-order valence-electron chi connectivity index (χ1n) is 8.72. The van der Waals surface area contributed by atoms with E-state index in [1.807, 2.05) is 4.90 Å². The summed E-state index contributed by atoms with van der Waals surface area (Å²) in [6, 6.07) is 5.71. The maximum Gasteiger partial charge on any atom is 0.321 e. The van der Waals surface area contributed by atoms with Crippen molar-refractivity contribution in [3.63, 3.8) is 0 Å². The number of rotatable bonds is 9. The van der Waals surface area contributed by atoms with Crippen LogP contribution in [0.4, 0.5) is 9.18 Å². The molecule has 1 saturated heterocycles. The number of carbonyl (C=O) groups excluding carboxylic acids is 2. The summed E-state index contributed by atoms with van der Waals surface area (Å²) in [4.78, 5) is 25.7. The third kappa shape index (κ3) is 7.47. The van der Waals surface area contributed by atoms with E-state index in [0.717, 1.165) is 18.4 Å². The summed E-state index contributed by atoms with van der Waals surface area (Å²) >= 11 is 0. The Bertz CT molecular complexity index is 594. The predicted octanol–water partition coefficient (Wildman–Crippen LogP) is 1.28. The Balaban J connectivity index is 1.89. The van der Waals surface area contributed by atoms with E-state index in [9.17, 15) is 14.0 Å². The van der Waals surface area contributed by atoms with Crippen LogP contribution in [-0.2, 0) is 20.8 Å². The van der Waals surface area contributed by atoms with E-state index in [1.165, 1.54) is 19.2 Å². The Kier molecular flexibility index (Phi) is 8.46. The molecule has 3 amide bonds. The van der Waals surface area contributed by atoms with Crippen molar-refractivity contribution >= 4 is 11.9 Å². The van der Waals surface area contributed by atoms with Crippen LogP contribution in [0.5, 0.6) is 0 Å². The van der Waals surface area contributed by atoms with Crippen LogP contribution in [-0.4, -0.2) is 62.9 Å². The largest absolute Gasteiger partial charge is 0.383 e. The predicted molar refractivity (Wildman–Crippen MR) is 94.1 cm³/mol. The normalized spacial score (nSPS) is 16.7. The van der Waals surface area contributed by atoms with E-state index >= 15 is 0 Å². The average Bonchev–Trinajstić information content (AvgIpc) is 3.08. The number of urea groups is 1. The SMILES string of the molecule is COCCNC(=O)NC(=O)CN(Cc1cccc(F)c1)C[C@@H]1CCCO1. The van der Waals surface area contributed by atoms with Crippen LogP contribution in [0, 0.1) is 5.82 Å². The minimum absolute atomic E-state index is 0.0219. The first kappa shape index (κ1) is 20.3. The molecule has 0 radical (unpaired) electrons. The fourth-order valence-corrected chi connectivity index (χ4v) is 2.83. The van der Waals surface area contributed by atoms with Gasteiger partial charge in [-0.25, -0.2) is 9.18 Å². The van der Waals surface area contributed by atoms with E-state index in [2.05, 4.69) is 10.6 Å². The first-order valence-corrected chi connectivity index (χ1v) is 8.72. The molecule has 0 bridgehead atoms. The van der Waals surface area contributed by atoms with Gasteiger partial charge in [-0.1, -0.05) is 12.1 Å². The van der Waals surface area contributed by atoms with Crippen LogP contribution in [0.15, 0.2) is 24.3 Å². The summed E-state index contributed by atoms with van der Waals surface area (Å²) in [7, 11) is 1.53. The summed E-state index contributed by atoms with van der Waals surface area (Å²) in [5, 5.41) is 4.82. The molecule has 0 aromatic heterocycles. The molecule has 144 valence electrons. The molecule has 8 heteroatoms. The highest BCUT2D eigenvalue weighted by Crippen LogP contribution is 2.15. The van der Waals surface area contributed by atoms with Gasteiger partial charge in [-0.15, -0.1) is 0 Å². The highest BCUT2D eigenvalue weighted by molar-refractivity contribution is 5.95. The maximum absolute atomic E-state index is 13.4. The summed E-state index contributed by atoms with van der Waals surface area (Å²) in [5.74, 6) is -0.740. The standard InChI is InChI=1S/C18H26FN3O4/c1-25-9-7-20-18(24)21-17(23)13-22(12-16-6-3-8-26-16)11-14-4-2-5-15(19)10-14/h2,4-5,10,16H,3,6-9,11-13H2,1H3,(H2,20,21,23,24)/t16-/m0/s1. The molecule has 1 heterocycles. The van der Waals surface area contributed by atoms with Gasteiger partial charge in [-0.3, -0.25) is 15.0 Å². The van der Waals surface area contributed by atoms with Gasteiger partial charge in [-0.05, 0) is 30.5 Å². The molecule has 1 aromatic carbocycles. The van der Waals surface area contributed by atoms with Crippen molar-refractivity contribution < 1.29 is 23.5 Å². The Morgan fingerprint density at radius 2 is 2.27 bits per heavy atom. The number of hydrogen-bond acceptors (Lipinski definition) is 5. The van der Waals surface area contributed by atoms with Crippen LogP contribution in [0.1, 0.15) is 18.4 Å². The molecule has 7 nitrogen and oxygen atoms in total. The molecule has 0 unspecified atom stereocenters. The number of benzene rings is 1. The van der Waals surface area contributed by atoms with E-state index in [0.29, 0.717) is 32.8 Å². The van der Waals surface area contributed by atoms with E-state index in [4.69, 9.17) is 9.47 Å². The molecule has 1 aliphatic heterocycles. The summed E-state index contributed by atoms with van der Waals surface area (Å²) in [5.41, 5.74) is 0.764. The number of imide groups is 1. The number of hydrogen-bond donors (Lipinski definition) is 2. The summed E-state index contributed by atoms with van der Waals surface area (Å²) in [6.07, 6.45) is 1.97. The van der Waals surface area contributed by atoms with Gasteiger partial charge in [0.2, 0.25) is 5.91 Å². The monoisotopic (exact) mass is 367 g/mol. The number of amides is 3. The lowest BCUT2D eigenvalue weighted by Crippen LogP contribution is -2.46. The maximum atomic E-state index is 13.4. The van der Waals surface area contributed by atoms with Crippen LogP contribution in [0.25, 0.3) is 0 Å². The van der Waals surface area contributed by atoms with Gasteiger partial charge in [0, 0.05) is 33.4 Å². The van der Waals surface area contributed by atoms with Crippen molar-refractivity contribution in [1.29, 1.82) is 0 Å². The van der Waals surface area contributed by atoms with Crippen molar-refractivity contribution in [2.45, 2.75) is 25.5 Å². The van der Waals surface area contributed by atoms with Gasteiger partial charge in [0.1, 0.15) is 5.82 Å². The Morgan fingerprint density at radius 1 is 1.42 bits per heavy atom. The van der Waals surface area contributed by atoms with E-state index < -0.39 is 11.9 Å². The molecule has 0 saturated carbocycles. The zero-order valence-corrected chi connectivity index (χ0v) is 15.0. The first-order chi connectivity index (χ1) is 12.6. The van der Waals surface area contributed by atoms with Crippen molar-refractivity contribution in [3.05, 3.63) is 35.6 Å². The second-order valence-corrected chi connectivity index (χ2v) is 6.23. The van der Waals surface area contributed by atoms with Crippen molar-refractivity contribution in [1.82, 2.24) is 15.5 Å². The molecule has 2 rings (SSSR count). The topological polar surface area (TPSA) is 79.9 Å². The lowest BCUT2D eigenvalue weighted by atomic mass is 10.1. The fraction of sp³-hybridized carbons (Fsp3) is 0.556. The molecule has 1 aliphatic rings. The molecule has 26 heavy (non-hydrogen) atoms. The Morgan fingerprint density at radius 3 is 2.96 bits per heavy atom. The van der Waals surface area contributed by atoms with Gasteiger partial charge < -0.3 is 14.8 Å². The van der Waals surface area contributed by atoms with Gasteiger partial charge >= 0.3 is 6.03 Å². The minimum atomic E-state index is -0.560. The van der Waals surface area contributed by atoms with Crippen LogP contribution >= 0.6 is 0 Å². The molecule has 1 atom stereocenters. The zero-order valence-electron chi connectivity index (χ0n) is 15.0. The van der Waals surface area contributed by atoms with Gasteiger partial charge in [0.05, 0.1) is 19.3 Å². The van der Waals surface area contributed by atoms with E-state index in [-0.39, 0.29) is 18.5 Å². The van der Waals surface area contributed by atoms with E-state index in [1.54, 1.807) is 12.1 Å². The molecular weight excluding hydrogens is 341 g/mol. The number of nitrogens with zero attached hydrogens (tertiary/aromatic N) is 1. The second-order valence-electron chi connectivity index (χ2n) is 6.23. The molecule has 0 aliphatic carbocycles. The third-order valence-corrected chi connectivity index (χ3v) is 3.99. The third-order valence-electron chi connectivity index (χ3n) is 3.99. The second kappa shape index (κ2) is 10.8. The fourth-order valence-electron chi connectivity index (χ4n) is 2.83. The molecule has 1 fully saturated rings. The number of halogens is 1. The number of carbonyl (C=O) groups is 2. The smallest absolute Gasteiger partial charge is 0.321 e. The lowest BCUT2D eigenvalue weighted by molar-refractivity contribution is -0.121. The van der Waals surface area contributed by atoms with Crippen molar-refractivity contribution in [3.8, 4) is 0 Å². The summed E-state index contributed by atoms with van der Waals surface area (Å²) < 4.78 is 23.9. The number of ether oxygens (including phenoxy) is 2. The van der Waals surface area contributed by atoms with Gasteiger partial charge in [-0.2, -0.15) is 0 Å². The molecule has 2 N–H and O–H groups in total. The van der Waals surface area contributed by atoms with Crippen molar-refractivity contribution in [2.24, 2.45) is 0 Å². The number of nitrogens with one attached hydrogen (secondary N) is 2. The Labute approximate surface area is 152 Å². The zero-order chi connectivity index (χ0) is 18.8. The molecular formula is C18H26FN3O4. The molecule has 1 aromatic rings. The highest BCUT2D eigenvalue weighted by Gasteiger charge is 2.21. The molecule has 0 spiro atoms. The highest BCUT2D eigenvalue weighted by atomic mass is 19.1. The quantitative estimate of drug-likeness (QED) is 0.643. The van der Waals surface area contributed by atoms with Gasteiger partial charge in [0.25, 0.3) is 0 Å². The summed E-state index contributed by atoms with van der Waals surface area (Å²) in [6.45, 7) is 2.37. The average molecular weight is 367 g/mol. The van der Waals surface area contributed by atoms with Crippen molar-refractivity contribution in [2.75, 3.05) is 40.0 Å².